The Balaban J connectivity index is 0.880. The van der Waals surface area contributed by atoms with Gasteiger partial charge in [0, 0.05) is 59.6 Å². The molecule has 5 aromatic rings. The summed E-state index contributed by atoms with van der Waals surface area (Å²) < 4.78 is 24.0. The van der Waals surface area contributed by atoms with Crippen molar-refractivity contribution in [2.24, 2.45) is 0 Å². The fraction of sp³-hybridized carbons (Fsp3) is 0.408. The summed E-state index contributed by atoms with van der Waals surface area (Å²) in [5, 5.41) is 23.3. The number of aliphatic hydroxyl groups is 1. The van der Waals surface area contributed by atoms with Crippen LogP contribution in [0.5, 0.6) is 0 Å². The number of ether oxygens (including phenoxy) is 4. The Morgan fingerprint density at radius 2 is 1.61 bits per heavy atom. The zero-order valence-corrected chi connectivity index (χ0v) is 41.3. The minimum absolute atomic E-state index is 0.126. The lowest BCUT2D eigenvalue weighted by Crippen LogP contribution is -2.23. The minimum atomic E-state index is -0.744. The van der Waals surface area contributed by atoms with Crippen LogP contribution in [-0.4, -0.2) is 97.9 Å². The second-order valence-corrected chi connectivity index (χ2v) is 19.2. The summed E-state index contributed by atoms with van der Waals surface area (Å²) in [5.74, 6) is 1.25. The van der Waals surface area contributed by atoms with Gasteiger partial charge in [0.2, 0.25) is 5.82 Å². The molecule has 1 aliphatic rings. The Hall–Kier alpha value is -4.97. The van der Waals surface area contributed by atoms with E-state index in [-0.39, 0.29) is 49.9 Å². The quantitative estimate of drug-likeness (QED) is 0.0204. The van der Waals surface area contributed by atoms with E-state index in [0.29, 0.717) is 77.5 Å². The van der Waals surface area contributed by atoms with Gasteiger partial charge in [-0.1, -0.05) is 148 Å². The number of nitrogens with zero attached hydrogens (tertiary/aromatic N) is 6. The van der Waals surface area contributed by atoms with Crippen LogP contribution >= 0.6 is 44.8 Å². The molecule has 0 bridgehead atoms. The predicted octanol–water partition coefficient (Wildman–Crippen LogP) is 10.5. The first-order chi connectivity index (χ1) is 32.6. The number of methoxy groups -OCH3 is 1. The smallest absolute Gasteiger partial charge is 0.453 e. The highest BCUT2D eigenvalue weighted by Gasteiger charge is 2.34. The van der Waals surface area contributed by atoms with Crippen molar-refractivity contribution < 1.29 is 38.4 Å². The van der Waals surface area contributed by atoms with Crippen LogP contribution in [0.2, 0.25) is 10.2 Å². The van der Waals surface area contributed by atoms with Crippen molar-refractivity contribution in [2.45, 2.75) is 84.8 Å². The minimum Gasteiger partial charge on any atom is -0.466 e. The van der Waals surface area contributed by atoms with E-state index in [2.05, 4.69) is 34.2 Å². The van der Waals surface area contributed by atoms with Crippen LogP contribution in [0.1, 0.15) is 87.9 Å². The number of halogens is 2. The van der Waals surface area contributed by atoms with Crippen LogP contribution in [0.25, 0.3) is 22.5 Å². The third-order valence-electron chi connectivity index (χ3n) is 11.2. The average Bonchev–Trinajstić information content (AvgIpc) is 3.95. The summed E-state index contributed by atoms with van der Waals surface area (Å²) in [7, 11) is 4.40. The first kappa shape index (κ1) is 51.4. The van der Waals surface area contributed by atoms with Crippen LogP contribution in [0.4, 0.5) is 4.79 Å². The van der Waals surface area contributed by atoms with Gasteiger partial charge in [-0.05, 0) is 71.7 Å². The number of imidazole rings is 1. The second-order valence-electron chi connectivity index (χ2n) is 15.7. The van der Waals surface area contributed by atoms with E-state index in [1.54, 1.807) is 0 Å². The molecule has 6 rings (SSSR count). The molecule has 1 aliphatic carbocycles. The predicted molar refractivity (Wildman–Crippen MR) is 263 cm³/mol. The molecule has 0 saturated carbocycles. The molecule has 0 spiro atoms. The van der Waals surface area contributed by atoms with E-state index < -0.39 is 6.09 Å². The third kappa shape index (κ3) is 13.6. The van der Waals surface area contributed by atoms with Gasteiger partial charge in [0.15, 0.2) is 5.15 Å². The summed E-state index contributed by atoms with van der Waals surface area (Å²) in [4.78, 5) is 43.4. The molecule has 1 N–H and O–H groups in total. The van der Waals surface area contributed by atoms with Crippen molar-refractivity contribution in [3.63, 3.8) is 0 Å². The molecule has 1 atom stereocenters. The molecule has 1 unspecified atom stereocenters. The van der Waals surface area contributed by atoms with Crippen LogP contribution in [0, 0.1) is 0 Å². The lowest BCUT2D eigenvalue weighted by molar-refractivity contribution is -0.143. The number of allylic oxidation sites excluding steroid dienone is 2. The number of esters is 2. The van der Waals surface area contributed by atoms with Gasteiger partial charge in [0.25, 0.3) is 0 Å². The van der Waals surface area contributed by atoms with E-state index in [4.69, 9.17) is 42.1 Å². The second kappa shape index (κ2) is 26.0. The van der Waals surface area contributed by atoms with Crippen LogP contribution in [-0.2, 0) is 48.1 Å². The molecular formula is C49H56Cl2N6O8S2. The SMILES string of the molecule is CCCCc1nc(Cl)c(CO)n1Cc1ccc(-c2ccccc2-c2nnn(C(=O)OCCSSCCOC(=O)CCCOCC3=C(CC)C(c4ccccc4Cl)C(C(=O)OC)=C(C)C3)n2)cc1. The van der Waals surface area contributed by atoms with Crippen LogP contribution in [0.15, 0.2) is 95.1 Å². The number of aryl methyl sites for hydroxylation is 1. The fourth-order valence-corrected chi connectivity index (χ4v) is 10.1. The van der Waals surface area contributed by atoms with E-state index in [0.717, 1.165) is 68.9 Å². The fourth-order valence-electron chi connectivity index (χ4n) is 7.99. The van der Waals surface area contributed by atoms with Crippen molar-refractivity contribution in [3.05, 3.63) is 128 Å². The molecule has 356 valence electrons. The Labute approximate surface area is 409 Å². The largest absolute Gasteiger partial charge is 0.466 e. The summed E-state index contributed by atoms with van der Waals surface area (Å²) in [6.45, 7) is 7.61. The van der Waals surface area contributed by atoms with Crippen LogP contribution < -0.4 is 0 Å². The molecule has 0 radical (unpaired) electrons. The Bertz CT molecular complexity index is 2540. The summed E-state index contributed by atoms with van der Waals surface area (Å²) in [6, 6.07) is 23.3. The molecule has 0 fully saturated rings. The number of carbonyl (C=O) groups is 3. The maximum atomic E-state index is 12.9. The van der Waals surface area contributed by atoms with Crippen molar-refractivity contribution in [1.82, 2.24) is 29.8 Å². The van der Waals surface area contributed by atoms with Gasteiger partial charge < -0.3 is 28.6 Å². The lowest BCUT2D eigenvalue weighted by atomic mass is 9.74. The van der Waals surface area contributed by atoms with Gasteiger partial charge in [-0.15, -0.1) is 10.2 Å². The highest BCUT2D eigenvalue weighted by molar-refractivity contribution is 8.76. The van der Waals surface area contributed by atoms with Gasteiger partial charge in [0.1, 0.15) is 19.0 Å². The molecule has 0 saturated heterocycles. The van der Waals surface area contributed by atoms with Crippen molar-refractivity contribution in [2.75, 3.05) is 45.0 Å². The maximum absolute atomic E-state index is 12.9. The number of tetrazole rings is 1. The molecule has 3 aromatic carbocycles. The monoisotopic (exact) mass is 990 g/mol. The first-order valence-electron chi connectivity index (χ1n) is 22.3. The van der Waals surface area contributed by atoms with Gasteiger partial charge in [-0.25, -0.2) is 14.6 Å². The number of aliphatic hydroxyl groups excluding tert-OH is 1. The molecule has 0 aliphatic heterocycles. The van der Waals surface area contributed by atoms with Crippen molar-refractivity contribution in [1.29, 1.82) is 0 Å². The number of aromatic nitrogens is 6. The van der Waals surface area contributed by atoms with Crippen molar-refractivity contribution in [3.8, 4) is 22.5 Å². The summed E-state index contributed by atoms with van der Waals surface area (Å²) >= 11 is 13.0. The van der Waals surface area contributed by atoms with Gasteiger partial charge in [-0.3, -0.25) is 4.79 Å². The number of carbonyl (C=O) groups excluding carboxylic acids is 3. The number of unbranched alkanes of at least 4 members (excludes halogenated alkanes) is 1. The highest BCUT2D eigenvalue weighted by atomic mass is 35.5. The molecule has 2 heterocycles. The first-order valence-corrected chi connectivity index (χ1v) is 25.5. The number of hydrogen-bond acceptors (Lipinski definition) is 14. The van der Waals surface area contributed by atoms with E-state index in [1.165, 1.54) is 28.7 Å². The number of hydrogen-bond donors (Lipinski definition) is 1. The summed E-state index contributed by atoms with van der Waals surface area (Å²) in [5.41, 5.74) is 8.73. The molecule has 67 heavy (non-hydrogen) atoms. The highest BCUT2D eigenvalue weighted by Crippen LogP contribution is 2.45. The van der Waals surface area contributed by atoms with E-state index in [1.807, 2.05) is 84.3 Å². The standard InChI is InChI=1S/C49H56Cl2N6O8S2/c1-5-7-17-42-52-46(51)41(30-58)56(42)29-33-19-21-34(22-20-33)37-13-8-9-14-38(37)47-53-55-57(54-47)49(61)65-25-27-67-66-26-24-64-43(59)18-12-23-63-31-35-28-32(3)44(48(60)62-4)45(36(35)6-2)39-15-10-11-16-40(39)50/h8-11,13-16,19-22,45,58H,5-7,12,17-18,23-31H2,1-4H3. The van der Waals surface area contributed by atoms with Gasteiger partial charge in [0.05, 0.1) is 26.0 Å². The third-order valence-corrected chi connectivity index (χ3v) is 14.2. The normalized spacial score (nSPS) is 13.9. The summed E-state index contributed by atoms with van der Waals surface area (Å²) in [6.07, 6.45) is 4.09. The van der Waals surface area contributed by atoms with Gasteiger partial charge in [-0.2, -0.15) is 0 Å². The van der Waals surface area contributed by atoms with E-state index in [9.17, 15) is 19.5 Å². The topological polar surface area (TPSA) is 170 Å². The molecular weight excluding hydrogens is 936 g/mol. The van der Waals surface area contributed by atoms with Crippen LogP contribution in [0.3, 0.4) is 0 Å². The van der Waals surface area contributed by atoms with E-state index >= 15 is 0 Å². The number of rotatable bonds is 24. The Morgan fingerprint density at radius 3 is 2.31 bits per heavy atom. The Kier molecular flexibility index (Phi) is 19.9. The lowest BCUT2D eigenvalue weighted by Gasteiger charge is -2.32. The zero-order valence-electron chi connectivity index (χ0n) is 38.2. The number of benzene rings is 3. The zero-order chi connectivity index (χ0) is 47.7. The average molecular weight is 992 g/mol. The molecule has 0 amide bonds. The maximum Gasteiger partial charge on any atom is 0.453 e. The molecule has 18 heteroatoms. The Morgan fingerprint density at radius 1 is 0.896 bits per heavy atom. The van der Waals surface area contributed by atoms with Gasteiger partial charge >= 0.3 is 18.0 Å². The molecule has 14 nitrogen and oxygen atoms in total. The van der Waals surface area contributed by atoms with Crippen molar-refractivity contribution >= 4 is 62.8 Å². The molecule has 2 aromatic heterocycles.